The first-order valence-electron chi connectivity index (χ1n) is 9.63. The molecule has 2 saturated heterocycles. The molecule has 2 N–H and O–H groups in total. The van der Waals surface area contributed by atoms with Crippen molar-refractivity contribution in [1.29, 1.82) is 0 Å². The van der Waals surface area contributed by atoms with Crippen molar-refractivity contribution in [3.8, 4) is 0 Å². The maximum Gasteiger partial charge on any atom is 0.191 e. The summed E-state index contributed by atoms with van der Waals surface area (Å²) in [6.45, 7) is 12.9. The van der Waals surface area contributed by atoms with E-state index in [2.05, 4.69) is 39.3 Å². The molecule has 0 atom stereocenters. The molecule has 2 aliphatic rings. The van der Waals surface area contributed by atoms with E-state index in [0.717, 1.165) is 25.0 Å². The molecule has 2 aliphatic heterocycles. The topological polar surface area (TPSA) is 42.9 Å². The van der Waals surface area contributed by atoms with Gasteiger partial charge in [-0.05, 0) is 57.7 Å². The highest BCUT2D eigenvalue weighted by Gasteiger charge is 2.19. The number of likely N-dealkylation sites (tertiary alicyclic amines) is 2. The zero-order valence-corrected chi connectivity index (χ0v) is 18.2. The summed E-state index contributed by atoms with van der Waals surface area (Å²) in [6, 6.07) is 0.574. The summed E-state index contributed by atoms with van der Waals surface area (Å²) in [6.07, 6.45) is 6.42. The standard InChI is InChI=1S/C18H37N5.HI/c1-4-10-22-13-7-17(8-14-22)21-18(19-3)20-9-15-23-11-5-16(2)6-12-23;/h16-17H,4-15H2,1-3H3,(H2,19,20,21);1H. The zero-order chi connectivity index (χ0) is 16.5. The second kappa shape index (κ2) is 12.3. The Balaban J connectivity index is 0.00000288. The van der Waals surface area contributed by atoms with Crippen LogP contribution in [0.5, 0.6) is 0 Å². The van der Waals surface area contributed by atoms with Gasteiger partial charge in [-0.3, -0.25) is 4.99 Å². The van der Waals surface area contributed by atoms with Crippen LogP contribution in [0.15, 0.2) is 4.99 Å². The van der Waals surface area contributed by atoms with Crippen molar-refractivity contribution in [3.63, 3.8) is 0 Å². The number of nitrogens with zero attached hydrogens (tertiary/aromatic N) is 3. The SMILES string of the molecule is CCCN1CCC(NC(=NC)NCCN2CCC(C)CC2)CC1.I. The van der Waals surface area contributed by atoms with Crippen molar-refractivity contribution in [2.24, 2.45) is 10.9 Å². The molecular weight excluding hydrogens is 413 g/mol. The van der Waals surface area contributed by atoms with Crippen LogP contribution in [-0.2, 0) is 0 Å². The van der Waals surface area contributed by atoms with Gasteiger partial charge in [0.05, 0.1) is 0 Å². The van der Waals surface area contributed by atoms with Crippen molar-refractivity contribution < 1.29 is 0 Å². The molecule has 6 heteroatoms. The lowest BCUT2D eigenvalue weighted by Gasteiger charge is -2.33. The molecule has 5 nitrogen and oxygen atoms in total. The van der Waals surface area contributed by atoms with Crippen LogP contribution in [0.3, 0.4) is 0 Å². The minimum Gasteiger partial charge on any atom is -0.355 e. The third kappa shape index (κ3) is 7.87. The van der Waals surface area contributed by atoms with Crippen molar-refractivity contribution in [2.75, 3.05) is 52.9 Å². The van der Waals surface area contributed by atoms with E-state index in [1.54, 1.807) is 0 Å². The van der Waals surface area contributed by atoms with Crippen LogP contribution in [0.1, 0.15) is 46.0 Å². The molecule has 0 bridgehead atoms. The minimum atomic E-state index is 0. The number of hydrogen-bond donors (Lipinski definition) is 2. The van der Waals surface area contributed by atoms with Gasteiger partial charge < -0.3 is 20.4 Å². The van der Waals surface area contributed by atoms with Gasteiger partial charge in [0.1, 0.15) is 0 Å². The fraction of sp³-hybridized carbons (Fsp3) is 0.944. The van der Waals surface area contributed by atoms with Crippen molar-refractivity contribution in [3.05, 3.63) is 0 Å². The monoisotopic (exact) mass is 451 g/mol. The number of piperidine rings is 2. The maximum absolute atomic E-state index is 4.39. The maximum atomic E-state index is 4.39. The van der Waals surface area contributed by atoms with Crippen LogP contribution >= 0.6 is 24.0 Å². The lowest BCUT2D eigenvalue weighted by Crippen LogP contribution is -2.50. The van der Waals surface area contributed by atoms with Gasteiger partial charge in [0.25, 0.3) is 0 Å². The molecule has 142 valence electrons. The highest BCUT2D eigenvalue weighted by atomic mass is 127. The summed E-state index contributed by atoms with van der Waals surface area (Å²) < 4.78 is 0. The number of aliphatic imine (C=N–C) groups is 1. The summed E-state index contributed by atoms with van der Waals surface area (Å²) in [4.78, 5) is 9.54. The Hall–Kier alpha value is -0.0800. The smallest absolute Gasteiger partial charge is 0.191 e. The summed E-state index contributed by atoms with van der Waals surface area (Å²) in [5.41, 5.74) is 0. The molecule has 0 aromatic carbocycles. The number of hydrogen-bond acceptors (Lipinski definition) is 3. The van der Waals surface area contributed by atoms with E-state index in [-0.39, 0.29) is 24.0 Å². The fourth-order valence-electron chi connectivity index (χ4n) is 3.62. The first kappa shape index (κ1) is 22.0. The first-order valence-corrected chi connectivity index (χ1v) is 9.63. The highest BCUT2D eigenvalue weighted by Crippen LogP contribution is 2.15. The largest absolute Gasteiger partial charge is 0.355 e. The summed E-state index contributed by atoms with van der Waals surface area (Å²) in [5, 5.41) is 7.10. The van der Waals surface area contributed by atoms with E-state index in [1.807, 2.05) is 7.05 Å². The molecule has 2 rings (SSSR count). The molecule has 0 aromatic rings. The number of guanidine groups is 1. The van der Waals surface area contributed by atoms with Gasteiger partial charge >= 0.3 is 0 Å². The molecular formula is C18H38IN5. The second-order valence-corrected chi connectivity index (χ2v) is 7.28. The van der Waals surface area contributed by atoms with Gasteiger partial charge in [-0.15, -0.1) is 24.0 Å². The Labute approximate surface area is 166 Å². The van der Waals surface area contributed by atoms with E-state index in [1.165, 1.54) is 64.8 Å². The van der Waals surface area contributed by atoms with Gasteiger partial charge in [0.2, 0.25) is 0 Å². The normalized spacial score (nSPS) is 22.2. The number of halogens is 1. The van der Waals surface area contributed by atoms with Crippen LogP contribution < -0.4 is 10.6 Å². The second-order valence-electron chi connectivity index (χ2n) is 7.28. The van der Waals surface area contributed by atoms with Crippen molar-refractivity contribution in [2.45, 2.75) is 52.0 Å². The van der Waals surface area contributed by atoms with E-state index in [9.17, 15) is 0 Å². The zero-order valence-electron chi connectivity index (χ0n) is 15.9. The lowest BCUT2D eigenvalue weighted by atomic mass is 9.99. The molecule has 0 radical (unpaired) electrons. The molecule has 0 aliphatic carbocycles. The summed E-state index contributed by atoms with van der Waals surface area (Å²) >= 11 is 0. The van der Waals surface area contributed by atoms with Crippen LogP contribution in [0, 0.1) is 5.92 Å². The van der Waals surface area contributed by atoms with Crippen LogP contribution in [0.25, 0.3) is 0 Å². The lowest BCUT2D eigenvalue weighted by molar-refractivity contribution is 0.194. The first-order chi connectivity index (χ1) is 11.2. The molecule has 0 spiro atoms. The number of rotatable bonds is 6. The van der Waals surface area contributed by atoms with Crippen molar-refractivity contribution >= 4 is 29.9 Å². The minimum absolute atomic E-state index is 0. The Bertz CT molecular complexity index is 347. The molecule has 24 heavy (non-hydrogen) atoms. The average Bonchev–Trinajstić information content (AvgIpc) is 2.57. The summed E-state index contributed by atoms with van der Waals surface area (Å²) in [7, 11) is 1.88. The van der Waals surface area contributed by atoms with Gasteiger partial charge in [-0.25, -0.2) is 0 Å². The van der Waals surface area contributed by atoms with E-state index in [4.69, 9.17) is 0 Å². The Morgan fingerprint density at radius 2 is 1.58 bits per heavy atom. The summed E-state index contributed by atoms with van der Waals surface area (Å²) in [5.74, 6) is 1.89. The number of nitrogens with one attached hydrogen (secondary N) is 2. The van der Waals surface area contributed by atoms with Gasteiger partial charge in [0, 0.05) is 39.3 Å². The third-order valence-corrected chi connectivity index (χ3v) is 5.29. The van der Waals surface area contributed by atoms with E-state index >= 15 is 0 Å². The molecule has 2 heterocycles. The van der Waals surface area contributed by atoms with Crippen LogP contribution in [-0.4, -0.2) is 74.7 Å². The molecule has 0 amide bonds. The van der Waals surface area contributed by atoms with E-state index in [0.29, 0.717) is 6.04 Å². The fourth-order valence-corrected chi connectivity index (χ4v) is 3.62. The van der Waals surface area contributed by atoms with Gasteiger partial charge in [-0.2, -0.15) is 0 Å². The van der Waals surface area contributed by atoms with Gasteiger partial charge in [-0.1, -0.05) is 13.8 Å². The molecule has 0 aromatic heterocycles. The van der Waals surface area contributed by atoms with Crippen LogP contribution in [0.4, 0.5) is 0 Å². The third-order valence-electron chi connectivity index (χ3n) is 5.29. The van der Waals surface area contributed by atoms with Gasteiger partial charge in [0.15, 0.2) is 5.96 Å². The average molecular weight is 451 g/mol. The predicted molar refractivity (Wildman–Crippen MR) is 115 cm³/mol. The Morgan fingerprint density at radius 3 is 2.17 bits per heavy atom. The van der Waals surface area contributed by atoms with Crippen molar-refractivity contribution in [1.82, 2.24) is 20.4 Å². The Morgan fingerprint density at radius 1 is 1.00 bits per heavy atom. The Kier molecular flexibility index (Phi) is 11.3. The highest BCUT2D eigenvalue weighted by molar-refractivity contribution is 14.0. The molecule has 0 unspecified atom stereocenters. The predicted octanol–water partition coefficient (Wildman–Crippen LogP) is 2.38. The quantitative estimate of drug-likeness (QED) is 0.370. The molecule has 2 fully saturated rings. The van der Waals surface area contributed by atoms with Crippen LogP contribution in [0.2, 0.25) is 0 Å². The van der Waals surface area contributed by atoms with E-state index < -0.39 is 0 Å². The molecule has 0 saturated carbocycles.